The number of nitrogens with zero attached hydrogens (tertiary/aromatic N) is 1. The van der Waals surface area contributed by atoms with E-state index in [1.54, 1.807) is 7.11 Å². The van der Waals surface area contributed by atoms with Crippen LogP contribution in [0.2, 0.25) is 5.02 Å². The topological polar surface area (TPSA) is 24.5 Å². The molecule has 4 heteroatoms. The van der Waals surface area contributed by atoms with Gasteiger partial charge in [0, 0.05) is 43.3 Å². The molecule has 1 N–H and O–H groups in total. The maximum atomic E-state index is 6.19. The molecule has 1 fully saturated rings. The predicted molar refractivity (Wildman–Crippen MR) is 91.6 cm³/mol. The number of piperazine rings is 1. The molecule has 2 aromatic carbocycles. The highest BCUT2D eigenvalue weighted by molar-refractivity contribution is 6.31. The van der Waals surface area contributed by atoms with Crippen molar-refractivity contribution in [1.29, 1.82) is 0 Å². The first-order chi connectivity index (χ1) is 10.8. The van der Waals surface area contributed by atoms with Crippen LogP contribution in [0.25, 0.3) is 11.1 Å². The van der Waals surface area contributed by atoms with Gasteiger partial charge in [-0.15, -0.1) is 0 Å². The summed E-state index contributed by atoms with van der Waals surface area (Å²) in [6.45, 7) is 5.24. The van der Waals surface area contributed by atoms with E-state index in [1.807, 2.05) is 18.2 Å². The summed E-state index contributed by atoms with van der Waals surface area (Å²) in [5, 5.41) is 4.12. The highest BCUT2D eigenvalue weighted by atomic mass is 35.5. The molecule has 0 spiro atoms. The average molecular weight is 317 g/mol. The average Bonchev–Trinajstić information content (AvgIpc) is 2.56. The van der Waals surface area contributed by atoms with Gasteiger partial charge in [0.05, 0.1) is 7.11 Å². The zero-order chi connectivity index (χ0) is 15.4. The lowest BCUT2D eigenvalue weighted by atomic mass is 9.98. The number of rotatable bonds is 4. The van der Waals surface area contributed by atoms with Crippen LogP contribution in [0.1, 0.15) is 5.56 Å². The van der Waals surface area contributed by atoms with Crippen LogP contribution >= 0.6 is 11.6 Å². The lowest BCUT2D eigenvalue weighted by Gasteiger charge is -2.28. The molecule has 1 aliphatic heterocycles. The molecular weight excluding hydrogens is 296 g/mol. The fourth-order valence-corrected chi connectivity index (χ4v) is 3.09. The molecule has 0 aliphatic carbocycles. The van der Waals surface area contributed by atoms with Gasteiger partial charge in [0.1, 0.15) is 5.75 Å². The molecule has 1 saturated heterocycles. The molecule has 116 valence electrons. The largest absolute Gasteiger partial charge is 0.496 e. The molecule has 0 aromatic heterocycles. The number of hydrogen-bond donors (Lipinski definition) is 1. The van der Waals surface area contributed by atoms with Crippen LogP contribution in [0.4, 0.5) is 0 Å². The van der Waals surface area contributed by atoms with E-state index in [9.17, 15) is 0 Å². The van der Waals surface area contributed by atoms with Gasteiger partial charge in [0.15, 0.2) is 0 Å². The van der Waals surface area contributed by atoms with Crippen molar-refractivity contribution in [3.63, 3.8) is 0 Å². The van der Waals surface area contributed by atoms with Gasteiger partial charge in [0.25, 0.3) is 0 Å². The Morgan fingerprint density at radius 3 is 2.64 bits per heavy atom. The van der Waals surface area contributed by atoms with Crippen molar-refractivity contribution >= 4 is 11.6 Å². The van der Waals surface area contributed by atoms with Crippen LogP contribution in [0.3, 0.4) is 0 Å². The Hall–Kier alpha value is -1.55. The van der Waals surface area contributed by atoms with Crippen molar-refractivity contribution in [1.82, 2.24) is 10.2 Å². The summed E-state index contributed by atoms with van der Waals surface area (Å²) < 4.78 is 5.52. The second kappa shape index (κ2) is 7.14. The molecule has 1 aliphatic rings. The minimum Gasteiger partial charge on any atom is -0.496 e. The highest BCUT2D eigenvalue weighted by Crippen LogP contribution is 2.35. The van der Waals surface area contributed by atoms with E-state index in [0.29, 0.717) is 0 Å². The molecule has 1 heterocycles. The third kappa shape index (κ3) is 3.43. The quantitative estimate of drug-likeness (QED) is 0.935. The summed E-state index contributed by atoms with van der Waals surface area (Å²) in [6.07, 6.45) is 0. The zero-order valence-electron chi connectivity index (χ0n) is 12.8. The summed E-state index contributed by atoms with van der Waals surface area (Å²) in [6, 6.07) is 14.3. The van der Waals surface area contributed by atoms with Gasteiger partial charge in [-0.25, -0.2) is 0 Å². The van der Waals surface area contributed by atoms with E-state index >= 15 is 0 Å². The Kier molecular flexibility index (Phi) is 4.98. The van der Waals surface area contributed by atoms with E-state index in [1.165, 1.54) is 11.1 Å². The van der Waals surface area contributed by atoms with E-state index in [-0.39, 0.29) is 0 Å². The van der Waals surface area contributed by atoms with Gasteiger partial charge >= 0.3 is 0 Å². The minimum atomic E-state index is 0.729. The first-order valence-corrected chi connectivity index (χ1v) is 8.00. The van der Waals surface area contributed by atoms with Crippen molar-refractivity contribution in [2.75, 3.05) is 33.3 Å². The molecule has 0 unspecified atom stereocenters. The molecule has 0 atom stereocenters. The van der Waals surface area contributed by atoms with Crippen LogP contribution in [0.15, 0.2) is 42.5 Å². The second-order valence-corrected chi connectivity index (χ2v) is 5.96. The lowest BCUT2D eigenvalue weighted by molar-refractivity contribution is 0.233. The smallest absolute Gasteiger partial charge is 0.126 e. The normalized spacial score (nSPS) is 15.7. The van der Waals surface area contributed by atoms with E-state index in [2.05, 4.69) is 34.5 Å². The molecule has 0 amide bonds. The summed E-state index contributed by atoms with van der Waals surface area (Å²) >= 11 is 6.19. The predicted octanol–water partition coefficient (Wildman–Crippen LogP) is 3.42. The summed E-state index contributed by atoms with van der Waals surface area (Å²) in [5.41, 5.74) is 3.56. The number of hydrogen-bond acceptors (Lipinski definition) is 3. The lowest BCUT2D eigenvalue weighted by Crippen LogP contribution is -2.42. The SMILES string of the molecule is COc1ccc(Cl)cc1-c1ccccc1CN1CCNCC1. The Morgan fingerprint density at radius 1 is 1.09 bits per heavy atom. The van der Waals surface area contributed by atoms with Crippen molar-refractivity contribution in [2.45, 2.75) is 6.54 Å². The summed E-state index contributed by atoms with van der Waals surface area (Å²) in [5.74, 6) is 0.858. The minimum absolute atomic E-state index is 0.729. The summed E-state index contributed by atoms with van der Waals surface area (Å²) in [7, 11) is 1.70. The molecule has 0 radical (unpaired) electrons. The molecule has 3 rings (SSSR count). The van der Waals surface area contributed by atoms with Gasteiger partial charge in [-0.3, -0.25) is 4.90 Å². The van der Waals surface area contributed by atoms with Crippen molar-refractivity contribution < 1.29 is 4.74 Å². The fraction of sp³-hybridized carbons (Fsp3) is 0.333. The highest BCUT2D eigenvalue weighted by Gasteiger charge is 2.15. The third-order valence-electron chi connectivity index (χ3n) is 4.07. The number of methoxy groups -OCH3 is 1. The van der Waals surface area contributed by atoms with E-state index in [0.717, 1.165) is 49.1 Å². The molecule has 3 nitrogen and oxygen atoms in total. The Labute approximate surface area is 136 Å². The Balaban J connectivity index is 1.95. The first-order valence-electron chi connectivity index (χ1n) is 7.63. The van der Waals surface area contributed by atoms with Gasteiger partial charge in [0.2, 0.25) is 0 Å². The standard InChI is InChI=1S/C18H21ClN2O/c1-22-18-7-6-15(19)12-17(18)16-5-3-2-4-14(16)13-21-10-8-20-9-11-21/h2-7,12,20H,8-11,13H2,1H3. The van der Waals surface area contributed by atoms with Crippen LogP contribution in [-0.4, -0.2) is 38.2 Å². The Morgan fingerprint density at radius 2 is 1.86 bits per heavy atom. The van der Waals surface area contributed by atoms with Gasteiger partial charge in [-0.05, 0) is 29.3 Å². The number of ether oxygens (including phenoxy) is 1. The first kappa shape index (κ1) is 15.3. The maximum Gasteiger partial charge on any atom is 0.126 e. The van der Waals surface area contributed by atoms with Gasteiger partial charge in [-0.1, -0.05) is 35.9 Å². The van der Waals surface area contributed by atoms with Crippen LogP contribution < -0.4 is 10.1 Å². The van der Waals surface area contributed by atoms with E-state index < -0.39 is 0 Å². The zero-order valence-corrected chi connectivity index (χ0v) is 13.6. The Bertz CT molecular complexity index is 639. The molecule has 2 aromatic rings. The third-order valence-corrected chi connectivity index (χ3v) is 4.31. The van der Waals surface area contributed by atoms with Crippen LogP contribution in [-0.2, 0) is 6.54 Å². The van der Waals surface area contributed by atoms with Crippen molar-refractivity contribution in [3.8, 4) is 16.9 Å². The van der Waals surface area contributed by atoms with Crippen LogP contribution in [0.5, 0.6) is 5.75 Å². The maximum absolute atomic E-state index is 6.19. The molecular formula is C18H21ClN2O. The molecule has 0 bridgehead atoms. The molecule has 0 saturated carbocycles. The summed E-state index contributed by atoms with van der Waals surface area (Å²) in [4.78, 5) is 2.48. The number of benzene rings is 2. The van der Waals surface area contributed by atoms with Gasteiger partial charge < -0.3 is 10.1 Å². The fourth-order valence-electron chi connectivity index (χ4n) is 2.92. The number of halogens is 1. The van der Waals surface area contributed by atoms with Crippen molar-refractivity contribution in [3.05, 3.63) is 53.1 Å². The van der Waals surface area contributed by atoms with Crippen molar-refractivity contribution in [2.24, 2.45) is 0 Å². The monoisotopic (exact) mass is 316 g/mol. The van der Waals surface area contributed by atoms with E-state index in [4.69, 9.17) is 16.3 Å². The van der Waals surface area contributed by atoms with Crippen LogP contribution in [0, 0.1) is 0 Å². The van der Waals surface area contributed by atoms with Gasteiger partial charge in [-0.2, -0.15) is 0 Å². The molecule has 22 heavy (non-hydrogen) atoms. The second-order valence-electron chi connectivity index (χ2n) is 5.53. The number of nitrogens with one attached hydrogen (secondary N) is 1.